The van der Waals surface area contributed by atoms with E-state index in [9.17, 15) is 0 Å². The van der Waals surface area contributed by atoms with Crippen LogP contribution in [0.4, 0.5) is 0 Å². The minimum Gasteiger partial charge on any atom is -0.293 e. The summed E-state index contributed by atoms with van der Waals surface area (Å²) < 4.78 is 0. The maximum Gasteiger partial charge on any atom is 0 e. The monoisotopic (exact) mass is 537 g/mol. The Bertz CT molecular complexity index is 108. The summed E-state index contributed by atoms with van der Waals surface area (Å²) in [5.41, 5.74) is 0.961. The van der Waals surface area contributed by atoms with Crippen LogP contribution in [0.15, 0.2) is 24.3 Å². The van der Waals surface area contributed by atoms with E-state index >= 15 is 0 Å². The molecule has 0 amide bonds. The molecule has 0 N–H and O–H groups in total. The van der Waals surface area contributed by atoms with Gasteiger partial charge in [0.15, 0.2) is 0 Å². The van der Waals surface area contributed by atoms with E-state index < -0.39 is 0 Å². The van der Waals surface area contributed by atoms with Crippen molar-refractivity contribution in [2.24, 2.45) is 0 Å². The van der Waals surface area contributed by atoms with Crippen LogP contribution in [-0.4, -0.2) is 0 Å². The molecule has 0 heterocycles. The normalized spacial score (nSPS) is 6.25. The van der Waals surface area contributed by atoms with Gasteiger partial charge in [0, 0.05) is 164 Å². The summed E-state index contributed by atoms with van der Waals surface area (Å²) >= 11 is 0. The van der Waals surface area contributed by atoms with Gasteiger partial charge in [-0.1, -0.05) is 6.92 Å². The Morgan fingerprint density at radius 3 is 1.58 bits per heavy atom. The van der Waals surface area contributed by atoms with E-state index in [4.69, 9.17) is 6.58 Å². The number of hydrogen-bond acceptors (Lipinski definition) is 0. The van der Waals surface area contributed by atoms with Crippen molar-refractivity contribution < 1.29 is 164 Å². The van der Waals surface area contributed by atoms with Crippen LogP contribution in [0.1, 0.15) is 6.92 Å². The molecule has 0 aliphatic rings. The third kappa shape index (κ3) is 29.3. The van der Waals surface area contributed by atoms with Gasteiger partial charge < -0.3 is 0 Å². The predicted octanol–water partition coefficient (Wildman–Crippen LogP) is 1.90. The molecule has 5 heteroatoms. The van der Waals surface area contributed by atoms with Gasteiger partial charge in [-0.05, 0) is 0 Å². The molecule has 0 rings (SSSR count). The van der Waals surface area contributed by atoms with E-state index in [2.05, 4.69) is 12.7 Å². The van der Waals surface area contributed by atoms with Crippen molar-refractivity contribution in [3.8, 4) is 0 Å². The van der Waals surface area contributed by atoms with Crippen molar-refractivity contribution in [1.82, 2.24) is 0 Å². The molecule has 0 aliphatic heterocycles. The molecular formula is C7H8Y5-2. The minimum atomic E-state index is 0. The third-order valence-corrected chi connectivity index (χ3v) is 0.625. The van der Waals surface area contributed by atoms with Crippen molar-refractivity contribution in [2.45, 2.75) is 6.92 Å². The van der Waals surface area contributed by atoms with Crippen molar-refractivity contribution >= 4 is 0 Å². The van der Waals surface area contributed by atoms with Gasteiger partial charge in [-0.25, -0.2) is 17.7 Å². The average Bonchev–Trinajstić information content (AvgIpc) is 1.68. The number of hydrogen-bond donors (Lipinski definition) is 0. The van der Waals surface area contributed by atoms with Gasteiger partial charge >= 0.3 is 0 Å². The maximum absolute atomic E-state index is 5.04. The van der Waals surface area contributed by atoms with Crippen LogP contribution in [0, 0.1) is 12.7 Å². The van der Waals surface area contributed by atoms with Gasteiger partial charge in [-0.2, -0.15) is 6.58 Å². The van der Waals surface area contributed by atoms with E-state index in [1.165, 1.54) is 6.08 Å². The van der Waals surface area contributed by atoms with Crippen molar-refractivity contribution in [2.75, 3.05) is 0 Å². The van der Waals surface area contributed by atoms with Crippen LogP contribution in [-0.2, 0) is 164 Å². The van der Waals surface area contributed by atoms with E-state index in [1.54, 1.807) is 6.08 Å². The molecular weight excluding hydrogens is 529 g/mol. The molecule has 0 nitrogen and oxygen atoms in total. The van der Waals surface area contributed by atoms with Crippen LogP contribution in [0.2, 0.25) is 0 Å². The summed E-state index contributed by atoms with van der Waals surface area (Å²) in [5.74, 6) is 0. The summed E-state index contributed by atoms with van der Waals surface area (Å²) in [4.78, 5) is 0. The standard InChI is InChI=1S/C7H8.5Y/c1-4-6-7(3)5-2;;;;;/h1,4,6H,2H2,3H3;;;;;/q-2;;;;;/b7-6-;;;;;. The summed E-state index contributed by atoms with van der Waals surface area (Å²) in [6, 6.07) is 0. The molecule has 0 saturated carbocycles. The second-order valence-corrected chi connectivity index (χ2v) is 1.22. The quantitative estimate of drug-likeness (QED) is 0.374. The van der Waals surface area contributed by atoms with E-state index in [0.29, 0.717) is 0 Å². The Hall–Kier alpha value is 4.74. The zero-order valence-corrected chi connectivity index (χ0v) is 21.5. The molecule has 5 radical (unpaired) electrons. The Morgan fingerprint density at radius 1 is 1.17 bits per heavy atom. The molecule has 0 bridgehead atoms. The van der Waals surface area contributed by atoms with Gasteiger partial charge in [0.25, 0.3) is 0 Å². The van der Waals surface area contributed by atoms with E-state index in [-0.39, 0.29) is 164 Å². The average molecular weight is 537 g/mol. The SMILES string of the molecule is [CH-]=C/C=C(/C)[C-]=C.[Y].[Y].[Y].[Y].[Y]. The third-order valence-electron chi connectivity index (χ3n) is 0.625. The Labute approximate surface area is 202 Å². The summed E-state index contributed by atoms with van der Waals surface area (Å²) in [7, 11) is 0. The summed E-state index contributed by atoms with van der Waals surface area (Å²) in [5, 5.41) is 0. The van der Waals surface area contributed by atoms with Crippen LogP contribution in [0.5, 0.6) is 0 Å². The largest absolute Gasteiger partial charge is 0.293 e. The fourth-order valence-corrected chi connectivity index (χ4v) is 0.203. The van der Waals surface area contributed by atoms with Crippen LogP contribution in [0.3, 0.4) is 0 Å². The number of allylic oxidation sites excluding steroid dienone is 4. The van der Waals surface area contributed by atoms with Crippen molar-refractivity contribution in [1.29, 1.82) is 0 Å². The van der Waals surface area contributed by atoms with Gasteiger partial charge in [0.2, 0.25) is 0 Å². The van der Waals surface area contributed by atoms with Gasteiger partial charge in [-0.3, -0.25) is 12.7 Å². The van der Waals surface area contributed by atoms with E-state index in [1.807, 2.05) is 6.92 Å². The second-order valence-electron chi connectivity index (χ2n) is 1.22. The first-order valence-electron chi connectivity index (χ1n) is 2.06. The molecule has 0 saturated heterocycles. The van der Waals surface area contributed by atoms with Crippen molar-refractivity contribution in [3.05, 3.63) is 37.0 Å². The Balaban J connectivity index is -0.0000000180. The van der Waals surface area contributed by atoms with Crippen molar-refractivity contribution in [3.63, 3.8) is 0 Å². The zero-order chi connectivity index (χ0) is 5.70. The molecule has 0 spiro atoms. The molecule has 0 aliphatic carbocycles. The fraction of sp³-hybridized carbons (Fsp3) is 0.143. The molecule has 0 fully saturated rings. The summed E-state index contributed by atoms with van der Waals surface area (Å²) in [6.07, 6.45) is 5.87. The fourth-order valence-electron chi connectivity index (χ4n) is 0.203. The van der Waals surface area contributed by atoms with Gasteiger partial charge in [0.1, 0.15) is 0 Å². The minimum absolute atomic E-state index is 0. The topological polar surface area (TPSA) is 0 Å². The summed E-state index contributed by atoms with van der Waals surface area (Å²) in [6.45, 7) is 10.3. The van der Waals surface area contributed by atoms with Crippen LogP contribution in [0.25, 0.3) is 0 Å². The Morgan fingerprint density at radius 2 is 1.50 bits per heavy atom. The van der Waals surface area contributed by atoms with Gasteiger partial charge in [0.05, 0.1) is 0 Å². The first-order chi connectivity index (χ1) is 3.31. The number of rotatable bonds is 2. The Kier molecular flexibility index (Phi) is 88.8. The van der Waals surface area contributed by atoms with Crippen LogP contribution >= 0.6 is 0 Å². The van der Waals surface area contributed by atoms with E-state index in [0.717, 1.165) is 5.57 Å². The molecule has 0 aromatic rings. The van der Waals surface area contributed by atoms with Gasteiger partial charge in [-0.15, -0.1) is 0 Å². The molecule has 0 aromatic carbocycles. The maximum atomic E-state index is 5.04. The van der Waals surface area contributed by atoms with Crippen LogP contribution < -0.4 is 0 Å². The molecule has 0 atom stereocenters. The molecule has 12 heavy (non-hydrogen) atoms. The zero-order valence-electron chi connectivity index (χ0n) is 7.33. The first kappa shape index (κ1) is 36.0. The second kappa shape index (κ2) is 29.6. The smallest absolute Gasteiger partial charge is 0 e. The molecule has 0 aromatic heterocycles. The molecule has 53 valence electrons. The molecule has 0 unspecified atom stereocenters. The first-order valence-corrected chi connectivity index (χ1v) is 2.06. The predicted molar refractivity (Wildman–Crippen MR) is 31.5 cm³/mol.